The molecule has 0 spiro atoms. The molecular formula is C16H14N4O4S. The van der Waals surface area contributed by atoms with Crippen molar-refractivity contribution < 1.29 is 19.1 Å². The summed E-state index contributed by atoms with van der Waals surface area (Å²) in [7, 11) is 1.47. The standard InChI is InChI=1S/C16H14N4O4S/c1-23-14-5-3-2-4-12(14)13(21)9-24-15(22)8-20-18-16(17-19-20)11-6-7-25-10-11/h2-7,10H,8-9H2,1H3. The van der Waals surface area contributed by atoms with Crippen LogP contribution in [0.5, 0.6) is 5.75 Å². The topological polar surface area (TPSA) is 96.2 Å². The number of benzene rings is 1. The van der Waals surface area contributed by atoms with Gasteiger partial charge < -0.3 is 9.47 Å². The number of hydrogen-bond acceptors (Lipinski definition) is 8. The van der Waals surface area contributed by atoms with Crippen LogP contribution in [-0.2, 0) is 16.1 Å². The molecule has 0 aliphatic heterocycles. The minimum Gasteiger partial charge on any atom is -0.496 e. The van der Waals surface area contributed by atoms with Gasteiger partial charge in [-0.3, -0.25) is 4.79 Å². The summed E-state index contributed by atoms with van der Waals surface area (Å²) in [5.74, 6) is -0.116. The van der Waals surface area contributed by atoms with Gasteiger partial charge in [0.15, 0.2) is 13.2 Å². The van der Waals surface area contributed by atoms with Crippen molar-refractivity contribution in [1.29, 1.82) is 0 Å². The van der Waals surface area contributed by atoms with E-state index in [0.29, 0.717) is 17.1 Å². The molecule has 0 radical (unpaired) electrons. The van der Waals surface area contributed by atoms with E-state index in [1.165, 1.54) is 18.4 Å². The van der Waals surface area contributed by atoms with E-state index in [2.05, 4.69) is 15.4 Å². The predicted molar refractivity (Wildman–Crippen MR) is 89.4 cm³/mol. The van der Waals surface area contributed by atoms with E-state index < -0.39 is 5.97 Å². The van der Waals surface area contributed by atoms with Gasteiger partial charge in [0, 0.05) is 10.9 Å². The van der Waals surface area contributed by atoms with Gasteiger partial charge >= 0.3 is 5.97 Å². The van der Waals surface area contributed by atoms with Crippen LogP contribution >= 0.6 is 11.3 Å². The van der Waals surface area contributed by atoms with E-state index in [9.17, 15) is 9.59 Å². The van der Waals surface area contributed by atoms with Gasteiger partial charge in [0.25, 0.3) is 0 Å². The maximum absolute atomic E-state index is 12.1. The molecule has 0 atom stereocenters. The van der Waals surface area contributed by atoms with Gasteiger partial charge in [-0.1, -0.05) is 12.1 Å². The van der Waals surface area contributed by atoms with E-state index in [4.69, 9.17) is 9.47 Å². The number of ketones is 1. The fraction of sp³-hybridized carbons (Fsp3) is 0.188. The highest BCUT2D eigenvalue weighted by molar-refractivity contribution is 7.08. The molecule has 0 saturated heterocycles. The van der Waals surface area contributed by atoms with Crippen LogP contribution < -0.4 is 4.74 Å². The molecule has 0 aliphatic carbocycles. The zero-order valence-corrected chi connectivity index (χ0v) is 14.1. The first-order valence-corrected chi connectivity index (χ1v) is 8.24. The van der Waals surface area contributed by atoms with Gasteiger partial charge in [-0.15, -0.1) is 10.2 Å². The minimum absolute atomic E-state index is 0.226. The SMILES string of the molecule is COc1ccccc1C(=O)COC(=O)Cn1nnc(-c2ccsc2)n1. The molecule has 0 fully saturated rings. The average molecular weight is 358 g/mol. The van der Waals surface area contributed by atoms with Crippen LogP contribution in [0.3, 0.4) is 0 Å². The van der Waals surface area contributed by atoms with Crippen LogP contribution in [0.1, 0.15) is 10.4 Å². The van der Waals surface area contributed by atoms with E-state index in [1.54, 1.807) is 24.3 Å². The molecule has 128 valence electrons. The van der Waals surface area contributed by atoms with Crippen LogP contribution in [0, 0.1) is 0 Å². The fourth-order valence-electron chi connectivity index (χ4n) is 2.08. The Balaban J connectivity index is 1.55. The van der Waals surface area contributed by atoms with Crippen LogP contribution in [-0.4, -0.2) is 45.7 Å². The Kier molecular flexibility index (Phi) is 5.14. The van der Waals surface area contributed by atoms with E-state index in [1.807, 2.05) is 16.8 Å². The van der Waals surface area contributed by atoms with Crippen LogP contribution in [0.25, 0.3) is 11.4 Å². The highest BCUT2D eigenvalue weighted by Crippen LogP contribution is 2.18. The third-order valence-electron chi connectivity index (χ3n) is 3.27. The van der Waals surface area contributed by atoms with E-state index in [-0.39, 0.29) is 18.9 Å². The highest BCUT2D eigenvalue weighted by atomic mass is 32.1. The Morgan fingerprint density at radius 3 is 2.84 bits per heavy atom. The first kappa shape index (κ1) is 16.8. The third kappa shape index (κ3) is 4.07. The molecule has 1 aromatic carbocycles. The molecule has 8 nitrogen and oxygen atoms in total. The summed E-state index contributed by atoms with van der Waals surface area (Å²) in [6.45, 7) is -0.609. The quantitative estimate of drug-likeness (QED) is 0.469. The Bertz CT molecular complexity index is 876. The smallest absolute Gasteiger partial charge is 0.330 e. The maximum Gasteiger partial charge on any atom is 0.330 e. The molecule has 0 unspecified atom stereocenters. The number of esters is 1. The van der Waals surface area contributed by atoms with Gasteiger partial charge in [-0.25, -0.2) is 4.79 Å². The molecule has 0 bridgehead atoms. The molecule has 0 saturated carbocycles. The Morgan fingerprint density at radius 1 is 1.24 bits per heavy atom. The molecule has 0 N–H and O–H groups in total. The number of methoxy groups -OCH3 is 1. The number of nitrogens with zero attached hydrogens (tertiary/aromatic N) is 4. The zero-order valence-electron chi connectivity index (χ0n) is 13.3. The van der Waals surface area contributed by atoms with Gasteiger partial charge in [-0.05, 0) is 28.8 Å². The first-order valence-electron chi connectivity index (χ1n) is 7.29. The van der Waals surface area contributed by atoms with Crippen molar-refractivity contribution >= 4 is 23.1 Å². The largest absolute Gasteiger partial charge is 0.496 e. The lowest BCUT2D eigenvalue weighted by Gasteiger charge is -2.07. The summed E-state index contributed by atoms with van der Waals surface area (Å²) in [5, 5.41) is 15.6. The number of thiophene rings is 1. The molecule has 9 heteroatoms. The molecular weight excluding hydrogens is 344 g/mol. The molecule has 0 amide bonds. The van der Waals surface area contributed by atoms with Crippen molar-refractivity contribution in [3.8, 4) is 17.1 Å². The van der Waals surface area contributed by atoms with Gasteiger partial charge in [0.2, 0.25) is 11.6 Å². The van der Waals surface area contributed by atoms with Gasteiger partial charge in [0.1, 0.15) is 5.75 Å². The lowest BCUT2D eigenvalue weighted by Crippen LogP contribution is -2.20. The summed E-state index contributed by atoms with van der Waals surface area (Å²) in [5.41, 5.74) is 1.19. The number of ether oxygens (including phenoxy) is 2. The fourth-order valence-corrected chi connectivity index (χ4v) is 2.71. The number of rotatable bonds is 7. The number of Topliss-reactive ketones (excluding diaryl/α,β-unsaturated/α-hetero) is 1. The number of para-hydroxylation sites is 1. The molecule has 3 aromatic rings. The van der Waals surface area contributed by atoms with Crippen molar-refractivity contribution in [3.05, 3.63) is 46.7 Å². The summed E-state index contributed by atoms with van der Waals surface area (Å²) >= 11 is 1.51. The third-order valence-corrected chi connectivity index (χ3v) is 3.96. The summed E-state index contributed by atoms with van der Waals surface area (Å²) < 4.78 is 10.1. The maximum atomic E-state index is 12.1. The second-order valence-electron chi connectivity index (χ2n) is 4.94. The van der Waals surface area contributed by atoms with Gasteiger partial charge in [-0.2, -0.15) is 16.1 Å². The molecule has 2 aromatic heterocycles. The lowest BCUT2D eigenvalue weighted by molar-refractivity contribution is -0.143. The van der Waals surface area contributed by atoms with Crippen molar-refractivity contribution in [2.24, 2.45) is 0 Å². The Labute approximate surface area is 147 Å². The minimum atomic E-state index is -0.627. The van der Waals surface area contributed by atoms with E-state index in [0.717, 1.165) is 10.4 Å². The van der Waals surface area contributed by atoms with Crippen molar-refractivity contribution in [2.75, 3.05) is 13.7 Å². The number of carbonyl (C=O) groups is 2. The predicted octanol–water partition coefficient (Wildman–Crippen LogP) is 1.84. The monoisotopic (exact) mass is 358 g/mol. The Hall–Kier alpha value is -3.07. The first-order chi connectivity index (χ1) is 12.2. The summed E-state index contributed by atoms with van der Waals surface area (Å²) in [6.07, 6.45) is 0. The van der Waals surface area contributed by atoms with Gasteiger partial charge in [0.05, 0.1) is 12.7 Å². The molecule has 2 heterocycles. The number of hydrogen-bond donors (Lipinski definition) is 0. The summed E-state index contributed by atoms with van der Waals surface area (Å²) in [6, 6.07) is 8.60. The normalized spacial score (nSPS) is 10.4. The second-order valence-corrected chi connectivity index (χ2v) is 5.72. The van der Waals surface area contributed by atoms with Crippen molar-refractivity contribution in [3.63, 3.8) is 0 Å². The van der Waals surface area contributed by atoms with Crippen LogP contribution in [0.2, 0.25) is 0 Å². The lowest BCUT2D eigenvalue weighted by atomic mass is 10.1. The number of tetrazole rings is 1. The second kappa shape index (κ2) is 7.67. The Morgan fingerprint density at radius 2 is 2.08 bits per heavy atom. The zero-order chi connectivity index (χ0) is 17.6. The molecule has 0 aliphatic rings. The highest BCUT2D eigenvalue weighted by Gasteiger charge is 2.15. The number of carbonyl (C=O) groups excluding carboxylic acids is 2. The summed E-state index contributed by atoms with van der Waals surface area (Å²) in [4.78, 5) is 25.1. The van der Waals surface area contributed by atoms with Crippen molar-refractivity contribution in [1.82, 2.24) is 20.2 Å². The van der Waals surface area contributed by atoms with Crippen molar-refractivity contribution in [2.45, 2.75) is 6.54 Å². The van der Waals surface area contributed by atoms with E-state index >= 15 is 0 Å². The number of aromatic nitrogens is 4. The van der Waals surface area contributed by atoms with Crippen LogP contribution in [0.4, 0.5) is 0 Å². The van der Waals surface area contributed by atoms with Crippen LogP contribution in [0.15, 0.2) is 41.1 Å². The average Bonchev–Trinajstić information content (AvgIpc) is 3.31. The molecule has 3 rings (SSSR count). The molecule has 25 heavy (non-hydrogen) atoms.